The Balaban J connectivity index is 2.01. The van der Waals surface area contributed by atoms with Crippen molar-refractivity contribution in [1.29, 1.82) is 0 Å². The Morgan fingerprint density at radius 2 is 1.45 bits per heavy atom. The molecule has 124 valence electrons. The number of alkyl halides is 1. The van der Waals surface area contributed by atoms with Gasteiger partial charge < -0.3 is 9.47 Å². The average Bonchev–Trinajstić information content (AvgIpc) is 2.56. The molecule has 0 N–H and O–H groups in total. The fourth-order valence-corrected chi connectivity index (χ4v) is 2.65. The van der Waals surface area contributed by atoms with Crippen molar-refractivity contribution in [3.63, 3.8) is 0 Å². The molecule has 0 amide bonds. The number of methoxy groups -OCH3 is 1. The van der Waals surface area contributed by atoms with Gasteiger partial charge >= 0.3 is 5.97 Å². The van der Waals surface area contributed by atoms with Gasteiger partial charge in [-0.3, -0.25) is 0 Å². The van der Waals surface area contributed by atoms with Crippen LogP contribution in [0.4, 0.5) is 0 Å². The van der Waals surface area contributed by atoms with Crippen LogP contribution in [0.5, 0.6) is 5.75 Å². The van der Waals surface area contributed by atoms with Gasteiger partial charge in [-0.25, -0.2) is 4.79 Å². The molecule has 0 aliphatic carbocycles. The normalized spacial score (nSPS) is 10.5. The lowest BCUT2D eigenvalue weighted by Gasteiger charge is -2.07. The lowest BCUT2D eigenvalue weighted by molar-refractivity contribution is 0.0600. The molecule has 0 bridgehead atoms. The zero-order valence-corrected chi connectivity index (χ0v) is 15.1. The lowest BCUT2D eigenvalue weighted by Crippen LogP contribution is -2.01. The average molecular weight is 371 g/mol. The summed E-state index contributed by atoms with van der Waals surface area (Å²) in [5, 5.41) is 1.13. The SMILES string of the molecule is COC(=O)c1ccc(OCCCCCCCCCCBr)cc1. The lowest BCUT2D eigenvalue weighted by atomic mass is 10.1. The quantitative estimate of drug-likeness (QED) is 0.282. The number of benzene rings is 1. The van der Waals surface area contributed by atoms with Gasteiger partial charge in [-0.2, -0.15) is 0 Å². The molecule has 0 heterocycles. The van der Waals surface area contributed by atoms with Crippen molar-refractivity contribution in [1.82, 2.24) is 0 Å². The standard InChI is InChI=1S/C18H27BrO3/c1-21-18(20)16-10-12-17(13-11-16)22-15-9-7-5-3-2-4-6-8-14-19/h10-13H,2-9,14-15H2,1H3. The van der Waals surface area contributed by atoms with Gasteiger partial charge in [0, 0.05) is 5.33 Å². The molecule has 1 rings (SSSR count). The van der Waals surface area contributed by atoms with Crippen molar-refractivity contribution >= 4 is 21.9 Å². The highest BCUT2D eigenvalue weighted by Crippen LogP contribution is 2.14. The van der Waals surface area contributed by atoms with Gasteiger partial charge in [0.1, 0.15) is 5.75 Å². The highest BCUT2D eigenvalue weighted by atomic mass is 79.9. The Labute approximate surface area is 142 Å². The second-order valence-electron chi connectivity index (χ2n) is 5.38. The largest absolute Gasteiger partial charge is 0.494 e. The van der Waals surface area contributed by atoms with E-state index in [4.69, 9.17) is 4.74 Å². The van der Waals surface area contributed by atoms with E-state index in [0.717, 1.165) is 24.1 Å². The minimum atomic E-state index is -0.317. The number of hydrogen-bond donors (Lipinski definition) is 0. The van der Waals surface area contributed by atoms with Crippen LogP contribution in [0, 0.1) is 0 Å². The number of carbonyl (C=O) groups is 1. The van der Waals surface area contributed by atoms with Crippen molar-refractivity contribution in [2.45, 2.75) is 51.4 Å². The van der Waals surface area contributed by atoms with Gasteiger partial charge in [-0.15, -0.1) is 0 Å². The minimum Gasteiger partial charge on any atom is -0.494 e. The number of hydrogen-bond acceptors (Lipinski definition) is 3. The molecule has 0 aliphatic rings. The van der Waals surface area contributed by atoms with Crippen LogP contribution >= 0.6 is 15.9 Å². The summed E-state index contributed by atoms with van der Waals surface area (Å²) < 4.78 is 10.3. The molecule has 0 aliphatic heterocycles. The number of ether oxygens (including phenoxy) is 2. The van der Waals surface area contributed by atoms with E-state index in [-0.39, 0.29) is 5.97 Å². The molecule has 4 heteroatoms. The molecule has 0 saturated carbocycles. The van der Waals surface area contributed by atoms with Crippen LogP contribution in [-0.2, 0) is 4.74 Å². The third-order valence-corrected chi connectivity index (χ3v) is 4.13. The van der Waals surface area contributed by atoms with Crippen LogP contribution in [0.1, 0.15) is 61.7 Å². The second-order valence-corrected chi connectivity index (χ2v) is 6.17. The predicted octanol–water partition coefficient (Wildman–Crippen LogP) is 5.37. The van der Waals surface area contributed by atoms with Crippen molar-refractivity contribution in [3.05, 3.63) is 29.8 Å². The first-order valence-corrected chi connectivity index (χ1v) is 9.27. The van der Waals surface area contributed by atoms with Gasteiger partial charge in [0.25, 0.3) is 0 Å². The van der Waals surface area contributed by atoms with Gasteiger partial charge in [0.2, 0.25) is 0 Å². The molecule has 0 saturated heterocycles. The third-order valence-electron chi connectivity index (χ3n) is 3.57. The van der Waals surface area contributed by atoms with Crippen molar-refractivity contribution in [2.75, 3.05) is 19.0 Å². The monoisotopic (exact) mass is 370 g/mol. The maximum absolute atomic E-state index is 11.3. The van der Waals surface area contributed by atoms with E-state index in [0.29, 0.717) is 5.56 Å². The maximum Gasteiger partial charge on any atom is 0.337 e. The summed E-state index contributed by atoms with van der Waals surface area (Å²) in [5.74, 6) is 0.491. The Kier molecular flexibility index (Phi) is 10.8. The van der Waals surface area contributed by atoms with Gasteiger partial charge in [0.15, 0.2) is 0 Å². The van der Waals surface area contributed by atoms with Gasteiger partial charge in [0.05, 0.1) is 19.3 Å². The first kappa shape index (κ1) is 19.0. The van der Waals surface area contributed by atoms with Crippen LogP contribution in [-0.4, -0.2) is 25.0 Å². The van der Waals surface area contributed by atoms with Gasteiger partial charge in [-0.1, -0.05) is 54.5 Å². The summed E-state index contributed by atoms with van der Waals surface area (Å²) in [6.07, 6.45) is 10.3. The number of rotatable bonds is 12. The topological polar surface area (TPSA) is 35.5 Å². The fraction of sp³-hybridized carbons (Fsp3) is 0.611. The molecule has 0 aromatic heterocycles. The molecule has 0 unspecified atom stereocenters. The molecular formula is C18H27BrO3. The first-order chi connectivity index (χ1) is 10.8. The summed E-state index contributed by atoms with van der Waals surface area (Å²) >= 11 is 3.46. The Hall–Kier alpha value is -1.03. The Morgan fingerprint density at radius 3 is 2.00 bits per heavy atom. The molecular weight excluding hydrogens is 344 g/mol. The molecule has 22 heavy (non-hydrogen) atoms. The number of unbranched alkanes of at least 4 members (excludes halogenated alkanes) is 7. The highest BCUT2D eigenvalue weighted by molar-refractivity contribution is 9.09. The predicted molar refractivity (Wildman–Crippen MR) is 94.0 cm³/mol. The van der Waals surface area contributed by atoms with Crippen molar-refractivity contribution < 1.29 is 14.3 Å². The van der Waals surface area contributed by atoms with Crippen molar-refractivity contribution in [3.8, 4) is 5.75 Å². The summed E-state index contributed by atoms with van der Waals surface area (Å²) in [5.41, 5.74) is 0.551. The number of halogens is 1. The van der Waals surface area contributed by atoms with E-state index in [9.17, 15) is 4.79 Å². The molecule has 1 aromatic carbocycles. The summed E-state index contributed by atoms with van der Waals surface area (Å²) in [7, 11) is 1.38. The molecule has 0 fully saturated rings. The Bertz CT molecular complexity index is 403. The third kappa shape index (κ3) is 8.42. The number of esters is 1. The van der Waals surface area contributed by atoms with E-state index < -0.39 is 0 Å². The maximum atomic E-state index is 11.3. The van der Waals surface area contributed by atoms with Crippen LogP contribution in [0.2, 0.25) is 0 Å². The van der Waals surface area contributed by atoms with Crippen LogP contribution in [0.15, 0.2) is 24.3 Å². The van der Waals surface area contributed by atoms with Crippen LogP contribution in [0.3, 0.4) is 0 Å². The zero-order valence-electron chi connectivity index (χ0n) is 13.5. The molecule has 1 aromatic rings. The fourth-order valence-electron chi connectivity index (χ4n) is 2.25. The van der Waals surface area contributed by atoms with E-state index >= 15 is 0 Å². The van der Waals surface area contributed by atoms with E-state index in [2.05, 4.69) is 20.7 Å². The molecule has 0 radical (unpaired) electrons. The van der Waals surface area contributed by atoms with Gasteiger partial charge in [-0.05, 0) is 37.1 Å². The van der Waals surface area contributed by atoms with Crippen molar-refractivity contribution in [2.24, 2.45) is 0 Å². The molecule has 3 nitrogen and oxygen atoms in total. The Morgan fingerprint density at radius 1 is 0.909 bits per heavy atom. The van der Waals surface area contributed by atoms with E-state index in [1.807, 2.05) is 12.1 Å². The smallest absolute Gasteiger partial charge is 0.337 e. The first-order valence-electron chi connectivity index (χ1n) is 8.15. The summed E-state index contributed by atoms with van der Waals surface area (Å²) in [6.45, 7) is 0.737. The summed E-state index contributed by atoms with van der Waals surface area (Å²) in [4.78, 5) is 11.3. The van der Waals surface area contributed by atoms with E-state index in [1.165, 1.54) is 52.1 Å². The zero-order chi connectivity index (χ0) is 16.0. The van der Waals surface area contributed by atoms with Crippen LogP contribution < -0.4 is 4.74 Å². The second kappa shape index (κ2) is 12.5. The van der Waals surface area contributed by atoms with E-state index in [1.54, 1.807) is 12.1 Å². The molecule has 0 atom stereocenters. The minimum absolute atomic E-state index is 0.317. The highest BCUT2D eigenvalue weighted by Gasteiger charge is 2.04. The summed E-state index contributed by atoms with van der Waals surface area (Å²) in [6, 6.07) is 7.09. The van der Waals surface area contributed by atoms with Crippen LogP contribution in [0.25, 0.3) is 0 Å². The number of carbonyl (C=O) groups excluding carboxylic acids is 1. The molecule has 0 spiro atoms.